The van der Waals surface area contributed by atoms with Crippen molar-refractivity contribution in [2.75, 3.05) is 14.1 Å². The molecule has 5 atom stereocenters. The summed E-state index contributed by atoms with van der Waals surface area (Å²) < 4.78 is 0. The maximum atomic E-state index is 4.78. The minimum absolute atomic E-state index is 0.0194. The number of nitrogens with one attached hydrogen (secondary N) is 2. The van der Waals surface area contributed by atoms with E-state index in [2.05, 4.69) is 55.4 Å². The SMILES string of the molecule is C[C@@H]1CCc2c([C@@]3(C)CC4C=CC(N(C)C)CC4N3)n[nH]c2C1. The molecule has 1 aromatic heterocycles. The largest absolute Gasteiger partial charge is 0.303 e. The number of rotatable bonds is 2. The second-order valence-electron chi connectivity index (χ2n) is 8.48. The third kappa shape index (κ3) is 2.56. The highest BCUT2D eigenvalue weighted by Gasteiger charge is 2.46. The number of hydrogen-bond acceptors (Lipinski definition) is 3. The maximum absolute atomic E-state index is 4.78. The van der Waals surface area contributed by atoms with Crippen molar-refractivity contribution in [3.63, 3.8) is 0 Å². The van der Waals surface area contributed by atoms with Gasteiger partial charge in [-0.25, -0.2) is 0 Å². The van der Waals surface area contributed by atoms with Gasteiger partial charge in [-0.3, -0.25) is 5.10 Å². The van der Waals surface area contributed by atoms with Crippen molar-refractivity contribution in [3.8, 4) is 0 Å². The number of likely N-dealkylation sites (N-methyl/N-ethyl adjacent to an activating group) is 1. The molecule has 2 heterocycles. The van der Waals surface area contributed by atoms with Gasteiger partial charge >= 0.3 is 0 Å². The standard InChI is InChI=1S/C19H30N4/c1-12-5-8-15-17(9-12)21-22-18(15)19(2)11-13-6-7-14(23(3)4)10-16(13)20-19/h6-7,12-14,16,20H,5,8-11H2,1-4H3,(H,21,22)/t12-,13?,14?,16?,19-/m1/s1. The number of nitrogens with zero attached hydrogens (tertiary/aromatic N) is 2. The molecule has 0 aromatic carbocycles. The van der Waals surface area contributed by atoms with Crippen LogP contribution in [0.3, 0.4) is 0 Å². The van der Waals surface area contributed by atoms with Gasteiger partial charge in [0, 0.05) is 17.8 Å². The number of hydrogen-bond donors (Lipinski definition) is 2. The van der Waals surface area contributed by atoms with Gasteiger partial charge in [-0.2, -0.15) is 5.10 Å². The summed E-state index contributed by atoms with van der Waals surface area (Å²) in [5.41, 5.74) is 4.21. The third-order valence-electron chi connectivity index (χ3n) is 6.32. The Morgan fingerprint density at radius 1 is 1.30 bits per heavy atom. The van der Waals surface area contributed by atoms with Gasteiger partial charge in [0.1, 0.15) is 0 Å². The highest BCUT2D eigenvalue weighted by atomic mass is 15.2. The fraction of sp³-hybridized carbons (Fsp3) is 0.737. The monoisotopic (exact) mass is 314 g/mol. The molecule has 1 saturated heterocycles. The lowest BCUT2D eigenvalue weighted by molar-refractivity contribution is 0.273. The first-order valence-electron chi connectivity index (χ1n) is 9.15. The molecule has 1 aromatic rings. The van der Waals surface area contributed by atoms with Gasteiger partial charge in [0.15, 0.2) is 0 Å². The summed E-state index contributed by atoms with van der Waals surface area (Å²) in [7, 11) is 4.35. The number of fused-ring (bicyclic) bond motifs is 2. The quantitative estimate of drug-likeness (QED) is 0.825. The second kappa shape index (κ2) is 5.45. The molecular weight excluding hydrogens is 284 g/mol. The Bertz CT molecular complexity index is 617. The topological polar surface area (TPSA) is 44.0 Å². The van der Waals surface area contributed by atoms with Gasteiger partial charge in [0.05, 0.1) is 11.2 Å². The molecule has 2 N–H and O–H groups in total. The zero-order valence-corrected chi connectivity index (χ0v) is 14.9. The molecule has 126 valence electrons. The van der Waals surface area contributed by atoms with Crippen LogP contribution in [0.25, 0.3) is 0 Å². The van der Waals surface area contributed by atoms with E-state index in [0.717, 1.165) is 12.3 Å². The molecule has 4 heteroatoms. The minimum atomic E-state index is 0.0194. The van der Waals surface area contributed by atoms with E-state index in [1.54, 1.807) is 0 Å². The first kappa shape index (κ1) is 15.4. The average molecular weight is 314 g/mol. The van der Waals surface area contributed by atoms with Gasteiger partial charge < -0.3 is 10.2 Å². The summed E-state index contributed by atoms with van der Waals surface area (Å²) in [5.74, 6) is 1.43. The molecule has 0 bridgehead atoms. The summed E-state index contributed by atoms with van der Waals surface area (Å²) in [6.45, 7) is 4.71. The van der Waals surface area contributed by atoms with Crippen LogP contribution in [0.4, 0.5) is 0 Å². The van der Waals surface area contributed by atoms with E-state index in [0.29, 0.717) is 18.0 Å². The van der Waals surface area contributed by atoms with Crippen molar-refractivity contribution >= 4 is 0 Å². The highest BCUT2D eigenvalue weighted by molar-refractivity contribution is 5.35. The van der Waals surface area contributed by atoms with E-state index in [4.69, 9.17) is 5.10 Å². The van der Waals surface area contributed by atoms with Crippen LogP contribution in [0.15, 0.2) is 12.2 Å². The first-order chi connectivity index (χ1) is 11.0. The second-order valence-corrected chi connectivity index (χ2v) is 8.48. The van der Waals surface area contributed by atoms with E-state index in [-0.39, 0.29) is 5.54 Å². The van der Waals surface area contributed by atoms with E-state index >= 15 is 0 Å². The molecule has 4 rings (SSSR count). The van der Waals surface area contributed by atoms with Gasteiger partial charge in [-0.05, 0) is 70.5 Å². The number of aromatic amines is 1. The van der Waals surface area contributed by atoms with Crippen molar-refractivity contribution in [3.05, 3.63) is 29.1 Å². The van der Waals surface area contributed by atoms with Crippen molar-refractivity contribution in [2.45, 2.75) is 63.6 Å². The fourth-order valence-electron chi connectivity index (χ4n) is 4.92. The van der Waals surface area contributed by atoms with Crippen molar-refractivity contribution < 1.29 is 0 Å². The summed E-state index contributed by atoms with van der Waals surface area (Å²) in [4.78, 5) is 2.32. The molecule has 4 nitrogen and oxygen atoms in total. The van der Waals surface area contributed by atoms with Crippen LogP contribution in [0.5, 0.6) is 0 Å². The summed E-state index contributed by atoms with van der Waals surface area (Å²) in [6, 6.07) is 1.13. The Morgan fingerprint density at radius 3 is 2.91 bits per heavy atom. The Balaban J connectivity index is 1.59. The Kier molecular flexibility index (Phi) is 3.65. The van der Waals surface area contributed by atoms with Crippen LogP contribution in [0, 0.1) is 11.8 Å². The zero-order valence-electron chi connectivity index (χ0n) is 14.9. The molecule has 2 aliphatic carbocycles. The molecule has 3 aliphatic rings. The molecule has 3 unspecified atom stereocenters. The smallest absolute Gasteiger partial charge is 0.0855 e. The van der Waals surface area contributed by atoms with Gasteiger partial charge in [0.2, 0.25) is 0 Å². The highest BCUT2D eigenvalue weighted by Crippen LogP contribution is 2.43. The van der Waals surface area contributed by atoms with Gasteiger partial charge in [-0.1, -0.05) is 19.1 Å². The van der Waals surface area contributed by atoms with E-state index in [9.17, 15) is 0 Å². The van der Waals surface area contributed by atoms with Crippen LogP contribution in [0.2, 0.25) is 0 Å². The molecule has 1 aliphatic heterocycles. The molecule has 0 radical (unpaired) electrons. The summed E-state index contributed by atoms with van der Waals surface area (Å²) in [6.07, 6.45) is 10.9. The molecule has 0 saturated carbocycles. The Labute approximate surface area is 139 Å². The predicted octanol–water partition coefficient (Wildman–Crippen LogP) is 2.62. The summed E-state index contributed by atoms with van der Waals surface area (Å²) in [5, 5.41) is 12.1. The van der Waals surface area contributed by atoms with Crippen LogP contribution in [-0.4, -0.2) is 41.3 Å². The predicted molar refractivity (Wildman–Crippen MR) is 93.4 cm³/mol. The van der Waals surface area contributed by atoms with Crippen LogP contribution in [-0.2, 0) is 18.4 Å². The summed E-state index contributed by atoms with van der Waals surface area (Å²) >= 11 is 0. The molecule has 0 spiro atoms. The molecular formula is C19H30N4. The van der Waals surface area contributed by atoms with Crippen molar-refractivity contribution in [1.29, 1.82) is 0 Å². The maximum Gasteiger partial charge on any atom is 0.0855 e. The van der Waals surface area contributed by atoms with Crippen LogP contribution < -0.4 is 5.32 Å². The Hall–Kier alpha value is -1.13. The molecule has 1 fully saturated rings. The van der Waals surface area contributed by atoms with E-state index < -0.39 is 0 Å². The van der Waals surface area contributed by atoms with Crippen LogP contribution >= 0.6 is 0 Å². The number of H-pyrrole nitrogens is 1. The van der Waals surface area contributed by atoms with E-state index in [1.807, 2.05) is 0 Å². The Morgan fingerprint density at radius 2 is 2.13 bits per heavy atom. The lowest BCUT2D eigenvalue weighted by Crippen LogP contribution is -2.43. The minimum Gasteiger partial charge on any atom is -0.303 e. The van der Waals surface area contributed by atoms with Crippen molar-refractivity contribution in [1.82, 2.24) is 20.4 Å². The number of aromatic nitrogens is 2. The normalized spacial score (nSPS) is 39.5. The third-order valence-corrected chi connectivity index (χ3v) is 6.32. The first-order valence-corrected chi connectivity index (χ1v) is 9.15. The van der Waals surface area contributed by atoms with Crippen LogP contribution in [0.1, 0.15) is 50.1 Å². The molecule has 23 heavy (non-hydrogen) atoms. The van der Waals surface area contributed by atoms with Gasteiger partial charge in [0.25, 0.3) is 0 Å². The lowest BCUT2D eigenvalue weighted by Gasteiger charge is -2.31. The zero-order chi connectivity index (χ0) is 16.2. The lowest BCUT2D eigenvalue weighted by atomic mass is 9.81. The van der Waals surface area contributed by atoms with Crippen molar-refractivity contribution in [2.24, 2.45) is 11.8 Å². The fourth-order valence-corrected chi connectivity index (χ4v) is 4.92. The van der Waals surface area contributed by atoms with Gasteiger partial charge in [-0.15, -0.1) is 0 Å². The average Bonchev–Trinajstić information content (AvgIpc) is 3.06. The molecule has 0 amide bonds. The van der Waals surface area contributed by atoms with E-state index in [1.165, 1.54) is 42.6 Å².